The minimum Gasteiger partial charge on any atom is -0.318 e. The molecule has 80 valence electrons. The zero-order valence-electron chi connectivity index (χ0n) is 8.11. The zero-order chi connectivity index (χ0) is 11.7. The first-order valence-electron chi connectivity index (χ1n) is 4.20. The van der Waals surface area contributed by atoms with Crippen molar-refractivity contribution in [1.82, 2.24) is 15.0 Å². The van der Waals surface area contributed by atoms with Gasteiger partial charge in [0.2, 0.25) is 0 Å². The van der Waals surface area contributed by atoms with Gasteiger partial charge in [0.05, 0.1) is 16.7 Å². The molecule has 0 aliphatic rings. The van der Waals surface area contributed by atoms with Gasteiger partial charge in [0.25, 0.3) is 5.56 Å². The van der Waals surface area contributed by atoms with Crippen molar-refractivity contribution in [2.75, 3.05) is 6.26 Å². The van der Waals surface area contributed by atoms with E-state index in [9.17, 15) is 4.79 Å². The third-order valence-electron chi connectivity index (χ3n) is 1.96. The quantitative estimate of drug-likeness (QED) is 0.615. The standard InChI is InChI=1S/C9H5ClN4OS/c1-16-9-12-3-5-7(14-9)6(10)4(2-11)8(15)13-5/h3H,1H3,(H,13,15). The summed E-state index contributed by atoms with van der Waals surface area (Å²) < 4.78 is 0. The molecule has 0 spiro atoms. The zero-order valence-corrected chi connectivity index (χ0v) is 9.69. The number of rotatable bonds is 1. The lowest BCUT2D eigenvalue weighted by molar-refractivity contribution is 0.996. The Labute approximate surface area is 99.5 Å². The molecule has 7 heteroatoms. The number of hydrogen-bond acceptors (Lipinski definition) is 5. The van der Waals surface area contributed by atoms with E-state index in [2.05, 4.69) is 15.0 Å². The van der Waals surface area contributed by atoms with Gasteiger partial charge in [-0.25, -0.2) is 9.97 Å². The van der Waals surface area contributed by atoms with Gasteiger partial charge < -0.3 is 4.98 Å². The number of thioether (sulfide) groups is 1. The van der Waals surface area contributed by atoms with Gasteiger partial charge in [-0.3, -0.25) is 4.79 Å². The topological polar surface area (TPSA) is 82.4 Å². The third kappa shape index (κ3) is 1.64. The first-order valence-corrected chi connectivity index (χ1v) is 5.80. The van der Waals surface area contributed by atoms with Crippen molar-refractivity contribution < 1.29 is 0 Å². The van der Waals surface area contributed by atoms with Crippen LogP contribution in [0.15, 0.2) is 16.1 Å². The van der Waals surface area contributed by atoms with Gasteiger partial charge in [-0.05, 0) is 6.26 Å². The van der Waals surface area contributed by atoms with E-state index in [0.717, 1.165) is 0 Å². The molecule has 0 saturated carbocycles. The molecule has 0 unspecified atom stereocenters. The average molecular weight is 253 g/mol. The summed E-state index contributed by atoms with van der Waals surface area (Å²) in [7, 11) is 0. The first kappa shape index (κ1) is 10.9. The fourth-order valence-electron chi connectivity index (χ4n) is 1.23. The Morgan fingerprint density at radius 3 is 3.00 bits per heavy atom. The van der Waals surface area contributed by atoms with Gasteiger partial charge in [-0.15, -0.1) is 0 Å². The van der Waals surface area contributed by atoms with Crippen molar-refractivity contribution in [3.05, 3.63) is 27.1 Å². The van der Waals surface area contributed by atoms with E-state index >= 15 is 0 Å². The molecule has 0 aromatic carbocycles. The first-order chi connectivity index (χ1) is 7.67. The van der Waals surface area contributed by atoms with Gasteiger partial charge >= 0.3 is 0 Å². The Bertz CT molecular complexity index is 661. The molecule has 0 amide bonds. The van der Waals surface area contributed by atoms with Gasteiger partial charge in [0.1, 0.15) is 17.1 Å². The summed E-state index contributed by atoms with van der Waals surface area (Å²) in [5.41, 5.74) is 0.157. The van der Waals surface area contributed by atoms with E-state index in [0.29, 0.717) is 16.2 Å². The van der Waals surface area contributed by atoms with Crippen LogP contribution in [0.5, 0.6) is 0 Å². The normalized spacial score (nSPS) is 10.3. The highest BCUT2D eigenvalue weighted by Gasteiger charge is 2.12. The van der Waals surface area contributed by atoms with Crippen LogP contribution in [0.25, 0.3) is 11.0 Å². The van der Waals surface area contributed by atoms with Crippen molar-refractivity contribution in [2.24, 2.45) is 0 Å². The Morgan fingerprint density at radius 2 is 2.38 bits per heavy atom. The number of aromatic nitrogens is 3. The fraction of sp³-hybridized carbons (Fsp3) is 0.111. The number of hydrogen-bond donors (Lipinski definition) is 1. The van der Waals surface area contributed by atoms with E-state index in [-0.39, 0.29) is 10.6 Å². The summed E-state index contributed by atoms with van der Waals surface area (Å²) in [5.74, 6) is 0. The highest BCUT2D eigenvalue weighted by atomic mass is 35.5. The molecule has 0 atom stereocenters. The molecule has 2 aromatic rings. The molecule has 0 bridgehead atoms. The number of nitrogens with zero attached hydrogens (tertiary/aromatic N) is 3. The number of aromatic amines is 1. The molecule has 1 N–H and O–H groups in total. The smallest absolute Gasteiger partial charge is 0.268 e. The van der Waals surface area contributed by atoms with Crippen molar-refractivity contribution >= 4 is 34.4 Å². The molecule has 0 saturated heterocycles. The van der Waals surface area contributed by atoms with Crippen molar-refractivity contribution in [1.29, 1.82) is 5.26 Å². The van der Waals surface area contributed by atoms with Crippen LogP contribution in [0, 0.1) is 11.3 Å². The van der Waals surface area contributed by atoms with Crippen LogP contribution in [0.4, 0.5) is 0 Å². The lowest BCUT2D eigenvalue weighted by Crippen LogP contribution is -2.11. The summed E-state index contributed by atoms with van der Waals surface area (Å²) in [6.45, 7) is 0. The monoisotopic (exact) mass is 252 g/mol. The van der Waals surface area contributed by atoms with Gasteiger partial charge in [0, 0.05) is 0 Å². The maximum atomic E-state index is 11.4. The molecule has 0 aliphatic carbocycles. The van der Waals surface area contributed by atoms with E-state index in [1.54, 1.807) is 6.07 Å². The predicted molar refractivity (Wildman–Crippen MR) is 61.7 cm³/mol. The van der Waals surface area contributed by atoms with E-state index < -0.39 is 5.56 Å². The average Bonchev–Trinajstić information content (AvgIpc) is 2.29. The SMILES string of the molecule is CSc1ncc2[nH]c(=O)c(C#N)c(Cl)c2n1. The summed E-state index contributed by atoms with van der Waals surface area (Å²) in [6.07, 6.45) is 3.30. The lowest BCUT2D eigenvalue weighted by Gasteiger charge is -2.02. The van der Waals surface area contributed by atoms with Crippen LogP contribution in [-0.4, -0.2) is 21.2 Å². The number of halogens is 1. The van der Waals surface area contributed by atoms with Gasteiger partial charge in [-0.1, -0.05) is 23.4 Å². The Balaban J connectivity index is 2.90. The molecule has 2 rings (SSSR count). The van der Waals surface area contributed by atoms with Crippen molar-refractivity contribution in [3.8, 4) is 6.07 Å². The number of pyridine rings is 1. The number of fused-ring (bicyclic) bond motifs is 1. The minimum atomic E-state index is -0.527. The largest absolute Gasteiger partial charge is 0.318 e. The number of nitrogens with one attached hydrogen (secondary N) is 1. The van der Waals surface area contributed by atoms with Crippen LogP contribution >= 0.6 is 23.4 Å². The van der Waals surface area contributed by atoms with Gasteiger partial charge in [-0.2, -0.15) is 5.26 Å². The predicted octanol–water partition coefficient (Wildman–Crippen LogP) is 1.57. The summed E-state index contributed by atoms with van der Waals surface area (Å²) in [6, 6.07) is 1.75. The molecule has 2 aromatic heterocycles. The van der Waals surface area contributed by atoms with Crippen molar-refractivity contribution in [3.63, 3.8) is 0 Å². The second kappa shape index (κ2) is 4.12. The maximum absolute atomic E-state index is 11.4. The Morgan fingerprint density at radius 1 is 1.62 bits per heavy atom. The molecular weight excluding hydrogens is 248 g/mol. The summed E-state index contributed by atoms with van der Waals surface area (Å²) >= 11 is 7.29. The molecule has 0 radical (unpaired) electrons. The molecule has 5 nitrogen and oxygen atoms in total. The minimum absolute atomic E-state index is 0.0685. The van der Waals surface area contributed by atoms with Crippen molar-refractivity contribution in [2.45, 2.75) is 5.16 Å². The van der Waals surface area contributed by atoms with E-state index in [4.69, 9.17) is 16.9 Å². The number of H-pyrrole nitrogens is 1. The number of nitriles is 1. The van der Waals surface area contributed by atoms with E-state index in [1.165, 1.54) is 18.0 Å². The van der Waals surface area contributed by atoms with Gasteiger partial charge in [0.15, 0.2) is 5.16 Å². The highest BCUT2D eigenvalue weighted by molar-refractivity contribution is 7.98. The van der Waals surface area contributed by atoms with Crippen LogP contribution in [0.3, 0.4) is 0 Å². The molecular formula is C9H5ClN4OS. The third-order valence-corrected chi connectivity index (χ3v) is 2.89. The lowest BCUT2D eigenvalue weighted by atomic mass is 10.2. The second-order valence-electron chi connectivity index (χ2n) is 2.87. The fourth-order valence-corrected chi connectivity index (χ4v) is 1.84. The molecule has 2 heterocycles. The second-order valence-corrected chi connectivity index (χ2v) is 4.03. The Hall–Kier alpha value is -1.58. The van der Waals surface area contributed by atoms with Crippen LogP contribution < -0.4 is 5.56 Å². The van der Waals surface area contributed by atoms with E-state index in [1.807, 2.05) is 6.26 Å². The summed E-state index contributed by atoms with van der Waals surface area (Å²) in [5, 5.41) is 9.38. The highest BCUT2D eigenvalue weighted by Crippen LogP contribution is 2.22. The molecule has 16 heavy (non-hydrogen) atoms. The Kier molecular flexibility index (Phi) is 2.81. The van der Waals surface area contributed by atoms with Crippen LogP contribution in [-0.2, 0) is 0 Å². The summed E-state index contributed by atoms with van der Waals surface area (Å²) in [4.78, 5) is 22.1. The molecule has 0 fully saturated rings. The molecule has 0 aliphatic heterocycles. The maximum Gasteiger partial charge on any atom is 0.268 e. The van der Waals surface area contributed by atoms with Crippen LogP contribution in [0.2, 0.25) is 5.02 Å². The van der Waals surface area contributed by atoms with Crippen LogP contribution in [0.1, 0.15) is 5.56 Å².